The number of rotatable bonds is 9. The van der Waals surface area contributed by atoms with Crippen molar-refractivity contribution < 1.29 is 26.4 Å². The Bertz CT molecular complexity index is 1310. The average molecular weight is 559 g/mol. The van der Waals surface area contributed by atoms with Gasteiger partial charge in [-0.3, -0.25) is 9.10 Å². The normalized spacial score (nSPS) is 11.8. The number of amides is 1. The van der Waals surface area contributed by atoms with Gasteiger partial charge in [0.25, 0.3) is 10.0 Å². The van der Waals surface area contributed by atoms with Crippen LogP contribution in [0.4, 0.5) is 18.9 Å². The number of carbonyl (C=O) groups is 1. The summed E-state index contributed by atoms with van der Waals surface area (Å²) in [6, 6.07) is 15.7. The van der Waals surface area contributed by atoms with Gasteiger partial charge in [0.15, 0.2) is 0 Å². The highest BCUT2D eigenvalue weighted by molar-refractivity contribution is 7.92. The molecule has 1 amide bonds. The maximum absolute atomic E-state index is 13.4. The van der Waals surface area contributed by atoms with Crippen LogP contribution >= 0.6 is 23.2 Å². The summed E-state index contributed by atoms with van der Waals surface area (Å²) in [4.78, 5) is 12.5. The Morgan fingerprint density at radius 1 is 0.972 bits per heavy atom. The molecule has 0 aliphatic rings. The van der Waals surface area contributed by atoms with Crippen molar-refractivity contribution in [2.45, 2.75) is 30.8 Å². The fourth-order valence-electron chi connectivity index (χ4n) is 3.40. The van der Waals surface area contributed by atoms with Crippen LogP contribution in [0.3, 0.4) is 0 Å². The smallest absolute Gasteiger partial charge is 0.355 e. The van der Waals surface area contributed by atoms with Gasteiger partial charge in [-0.05, 0) is 67.8 Å². The van der Waals surface area contributed by atoms with Gasteiger partial charge in [-0.25, -0.2) is 8.42 Å². The minimum Gasteiger partial charge on any atom is -0.355 e. The second-order valence-electron chi connectivity index (χ2n) is 8.07. The van der Waals surface area contributed by atoms with Crippen molar-refractivity contribution in [3.8, 4) is 0 Å². The Hall–Kier alpha value is -2.75. The average Bonchev–Trinajstić information content (AvgIpc) is 2.81. The van der Waals surface area contributed by atoms with E-state index in [4.69, 9.17) is 23.2 Å². The van der Waals surface area contributed by atoms with E-state index in [-0.39, 0.29) is 17.1 Å². The Labute approximate surface area is 217 Å². The van der Waals surface area contributed by atoms with Gasteiger partial charge in [0, 0.05) is 11.6 Å². The van der Waals surface area contributed by atoms with Crippen LogP contribution in [0, 0.1) is 6.92 Å². The highest BCUT2D eigenvalue weighted by atomic mass is 35.5. The largest absolute Gasteiger partial charge is 0.417 e. The Morgan fingerprint density at radius 2 is 1.61 bits per heavy atom. The molecular weight excluding hydrogens is 536 g/mol. The van der Waals surface area contributed by atoms with Crippen LogP contribution in [0.2, 0.25) is 10.0 Å². The van der Waals surface area contributed by atoms with Crippen LogP contribution in [0.15, 0.2) is 71.6 Å². The van der Waals surface area contributed by atoms with E-state index >= 15 is 0 Å². The van der Waals surface area contributed by atoms with E-state index in [0.717, 1.165) is 23.3 Å². The van der Waals surface area contributed by atoms with Crippen molar-refractivity contribution in [2.24, 2.45) is 0 Å². The van der Waals surface area contributed by atoms with E-state index in [1.54, 1.807) is 31.2 Å². The Kier molecular flexibility index (Phi) is 8.92. The van der Waals surface area contributed by atoms with Gasteiger partial charge < -0.3 is 5.32 Å². The number of aryl methyl sites for hydroxylation is 2. The molecule has 0 bridgehead atoms. The molecule has 192 valence electrons. The number of alkyl halides is 3. The van der Waals surface area contributed by atoms with E-state index < -0.39 is 39.2 Å². The summed E-state index contributed by atoms with van der Waals surface area (Å²) in [5.74, 6) is -0.662. The summed E-state index contributed by atoms with van der Waals surface area (Å²) in [5.41, 5.74) is 0.278. The lowest BCUT2D eigenvalue weighted by atomic mass is 10.1. The van der Waals surface area contributed by atoms with Gasteiger partial charge >= 0.3 is 6.18 Å². The molecule has 0 fully saturated rings. The van der Waals surface area contributed by atoms with E-state index in [0.29, 0.717) is 28.2 Å². The molecule has 3 aromatic rings. The molecule has 3 aromatic carbocycles. The van der Waals surface area contributed by atoms with Crippen LogP contribution in [0.5, 0.6) is 0 Å². The van der Waals surface area contributed by atoms with Gasteiger partial charge in [0.2, 0.25) is 5.91 Å². The fraction of sp³-hybridized carbons (Fsp3) is 0.240. The minimum atomic E-state index is -4.81. The number of nitrogens with one attached hydrogen (secondary N) is 1. The summed E-state index contributed by atoms with van der Waals surface area (Å²) >= 11 is 11.6. The molecule has 3 rings (SSSR count). The van der Waals surface area contributed by atoms with Gasteiger partial charge in [-0.2, -0.15) is 13.2 Å². The number of anilines is 1. The lowest BCUT2D eigenvalue weighted by Gasteiger charge is -2.25. The lowest BCUT2D eigenvalue weighted by molar-refractivity contribution is -0.137. The molecule has 0 aromatic heterocycles. The highest BCUT2D eigenvalue weighted by Gasteiger charge is 2.35. The zero-order chi connectivity index (χ0) is 26.5. The number of sulfonamides is 1. The van der Waals surface area contributed by atoms with E-state index in [2.05, 4.69) is 5.32 Å². The van der Waals surface area contributed by atoms with Gasteiger partial charge in [0.1, 0.15) is 6.54 Å². The number of hydrogen-bond donors (Lipinski definition) is 1. The second-order valence-corrected chi connectivity index (χ2v) is 10.8. The van der Waals surface area contributed by atoms with Gasteiger partial charge in [-0.1, -0.05) is 53.0 Å². The predicted octanol–water partition coefficient (Wildman–Crippen LogP) is 6.26. The van der Waals surface area contributed by atoms with Crippen LogP contribution in [0.1, 0.15) is 23.1 Å². The maximum Gasteiger partial charge on any atom is 0.417 e. The molecule has 0 unspecified atom stereocenters. The molecule has 0 saturated carbocycles. The van der Waals surface area contributed by atoms with Crippen LogP contribution < -0.4 is 9.62 Å². The molecule has 0 radical (unpaired) electrons. The SMILES string of the molecule is Cc1ccc(S(=O)(=O)N(CC(=O)NCCCc2ccc(Cl)cc2)c2ccc(Cl)c(C(F)(F)F)c2)cc1. The third-order valence-corrected chi connectivity index (χ3v) is 7.69. The van der Waals surface area contributed by atoms with Crippen LogP contribution in [-0.4, -0.2) is 27.4 Å². The number of carbonyl (C=O) groups excluding carboxylic acids is 1. The zero-order valence-corrected chi connectivity index (χ0v) is 21.5. The highest BCUT2D eigenvalue weighted by Crippen LogP contribution is 2.38. The van der Waals surface area contributed by atoms with Crippen molar-refractivity contribution in [3.63, 3.8) is 0 Å². The third kappa shape index (κ3) is 7.15. The molecule has 5 nitrogen and oxygen atoms in total. The standard InChI is InChI=1S/C25H23Cl2F3N2O3S/c1-17-4-11-21(12-5-17)36(34,35)32(20-10-13-23(27)22(15-20)25(28,29)30)16-24(33)31-14-2-3-18-6-8-19(26)9-7-18/h4-13,15H,2-3,14,16H2,1H3,(H,31,33). The van der Waals surface area contributed by atoms with Crippen molar-refractivity contribution in [1.29, 1.82) is 0 Å². The first-order chi connectivity index (χ1) is 16.9. The first-order valence-corrected chi connectivity index (χ1v) is 13.0. The van der Waals surface area contributed by atoms with Crippen LogP contribution in [0.25, 0.3) is 0 Å². The molecule has 1 N–H and O–H groups in total. The monoisotopic (exact) mass is 558 g/mol. The van der Waals surface area contributed by atoms with Crippen molar-refractivity contribution in [2.75, 3.05) is 17.4 Å². The molecule has 0 spiro atoms. The minimum absolute atomic E-state index is 0.160. The number of benzene rings is 3. The number of nitrogens with zero attached hydrogens (tertiary/aromatic N) is 1. The van der Waals surface area contributed by atoms with Crippen molar-refractivity contribution in [1.82, 2.24) is 5.32 Å². The fourth-order valence-corrected chi connectivity index (χ4v) is 5.16. The summed E-state index contributed by atoms with van der Waals surface area (Å²) in [6.07, 6.45) is -3.59. The summed E-state index contributed by atoms with van der Waals surface area (Å²) in [7, 11) is -4.37. The molecule has 11 heteroatoms. The summed E-state index contributed by atoms with van der Waals surface area (Å²) in [5, 5.41) is 2.66. The maximum atomic E-state index is 13.4. The van der Waals surface area contributed by atoms with Crippen molar-refractivity contribution in [3.05, 3.63) is 93.5 Å². The molecule has 0 atom stereocenters. The number of halogens is 5. The zero-order valence-electron chi connectivity index (χ0n) is 19.1. The quantitative estimate of drug-likeness (QED) is 0.315. The second kappa shape index (κ2) is 11.5. The molecule has 0 heterocycles. The van der Waals surface area contributed by atoms with Crippen LogP contribution in [-0.2, 0) is 27.4 Å². The first kappa shape index (κ1) is 27.8. The Morgan fingerprint density at radius 3 is 2.22 bits per heavy atom. The first-order valence-electron chi connectivity index (χ1n) is 10.9. The Balaban J connectivity index is 1.82. The van der Waals surface area contributed by atoms with Gasteiger partial charge in [-0.15, -0.1) is 0 Å². The summed E-state index contributed by atoms with van der Waals surface area (Å²) in [6.45, 7) is 1.30. The lowest BCUT2D eigenvalue weighted by Crippen LogP contribution is -2.41. The predicted molar refractivity (Wildman–Crippen MR) is 135 cm³/mol. The molecule has 0 aliphatic heterocycles. The van der Waals surface area contributed by atoms with E-state index in [1.165, 1.54) is 12.1 Å². The molecule has 0 aliphatic carbocycles. The third-order valence-electron chi connectivity index (χ3n) is 5.32. The summed E-state index contributed by atoms with van der Waals surface area (Å²) < 4.78 is 67.8. The molecule has 36 heavy (non-hydrogen) atoms. The topological polar surface area (TPSA) is 66.5 Å². The van der Waals surface area contributed by atoms with Crippen molar-refractivity contribution >= 4 is 44.8 Å². The van der Waals surface area contributed by atoms with Gasteiger partial charge in [0.05, 0.1) is 21.2 Å². The number of hydrogen-bond acceptors (Lipinski definition) is 3. The van der Waals surface area contributed by atoms with E-state index in [1.807, 2.05) is 12.1 Å². The molecule has 0 saturated heterocycles. The van der Waals surface area contributed by atoms with E-state index in [9.17, 15) is 26.4 Å². The molecular formula is C25H23Cl2F3N2O3S.